The van der Waals surface area contributed by atoms with Gasteiger partial charge >= 0.3 is 6.08 Å². The zero-order valence-electron chi connectivity index (χ0n) is 11.1. The second-order valence-corrected chi connectivity index (χ2v) is 4.02. The lowest BCUT2D eigenvalue weighted by Crippen LogP contribution is -2.18. The summed E-state index contributed by atoms with van der Waals surface area (Å²) in [7, 11) is 0. The highest BCUT2D eigenvalue weighted by Crippen LogP contribution is 2.26. The highest BCUT2D eigenvalue weighted by molar-refractivity contribution is 5.81. The van der Waals surface area contributed by atoms with Gasteiger partial charge in [0.05, 0.1) is 6.33 Å². The van der Waals surface area contributed by atoms with Gasteiger partial charge in [-0.05, 0) is 19.3 Å². The Labute approximate surface area is 110 Å². The van der Waals surface area contributed by atoms with Crippen LogP contribution in [0.3, 0.4) is 0 Å². The minimum Gasteiger partial charge on any atom is -0.382 e. The van der Waals surface area contributed by atoms with E-state index in [0.717, 1.165) is 19.3 Å². The number of anilines is 1. The molecule has 104 valence electrons. The van der Waals surface area contributed by atoms with Crippen LogP contribution < -0.4 is 5.73 Å². The maximum absolute atomic E-state index is 13.1. The van der Waals surface area contributed by atoms with Crippen molar-refractivity contribution in [3.63, 3.8) is 0 Å². The number of nitrogens with zero attached hydrogens (tertiary/aromatic N) is 4. The van der Waals surface area contributed by atoms with Gasteiger partial charge in [-0.15, -0.1) is 0 Å². The molecule has 0 saturated carbocycles. The Bertz CT molecular complexity index is 550. The Balaban J connectivity index is 0.000000637. The molecule has 3 rings (SSSR count). The maximum Gasteiger partial charge on any atom is 0.312 e. The van der Waals surface area contributed by atoms with Crippen LogP contribution >= 0.6 is 0 Å². The lowest BCUT2D eigenvalue weighted by atomic mass is 10.2. The normalized spacial score (nSPS) is 19.0. The topological polar surface area (TPSA) is 78.9 Å². The minimum atomic E-state index is -0.840. The van der Waals surface area contributed by atoms with Crippen LogP contribution in [0.2, 0.25) is 0 Å². The summed E-state index contributed by atoms with van der Waals surface area (Å²) >= 11 is 0. The van der Waals surface area contributed by atoms with E-state index >= 15 is 0 Å². The minimum absolute atomic E-state index is 0.0575. The molecule has 3 heterocycles. The van der Waals surface area contributed by atoms with Gasteiger partial charge in [0.25, 0.3) is 0 Å². The predicted molar refractivity (Wildman–Crippen MR) is 69.9 cm³/mol. The molecule has 1 atom stereocenters. The largest absolute Gasteiger partial charge is 0.382 e. The number of imidazole rings is 1. The van der Waals surface area contributed by atoms with Gasteiger partial charge in [0.2, 0.25) is 0 Å². The van der Waals surface area contributed by atoms with Gasteiger partial charge in [-0.3, -0.25) is 4.57 Å². The predicted octanol–water partition coefficient (Wildman–Crippen LogP) is 2.27. The third kappa shape index (κ3) is 2.65. The van der Waals surface area contributed by atoms with Crippen molar-refractivity contribution < 1.29 is 9.13 Å². The van der Waals surface area contributed by atoms with E-state index in [2.05, 4.69) is 15.0 Å². The van der Waals surface area contributed by atoms with Gasteiger partial charge in [0.1, 0.15) is 6.23 Å². The van der Waals surface area contributed by atoms with E-state index in [1.165, 1.54) is 0 Å². The molecule has 0 spiro atoms. The molecule has 7 heteroatoms. The van der Waals surface area contributed by atoms with Crippen molar-refractivity contribution in [1.82, 2.24) is 19.5 Å². The molecule has 1 aliphatic heterocycles. The zero-order valence-corrected chi connectivity index (χ0v) is 11.1. The molecule has 0 bridgehead atoms. The molecule has 1 fully saturated rings. The summed E-state index contributed by atoms with van der Waals surface area (Å²) in [6.45, 7) is 4.70. The average molecular weight is 267 g/mol. The van der Waals surface area contributed by atoms with Crippen LogP contribution in [0.4, 0.5) is 10.2 Å². The van der Waals surface area contributed by atoms with Crippen LogP contribution in [0, 0.1) is 6.08 Å². The standard InChI is InChI=1S/C10H12FN5O.C2H6/c11-10-14-8(12)7-9(15-10)16(5-13-7)6-3-1-2-4-17-6;1-2/h5-6H,1-4H2,(H2,12,14,15);1-2H3. The fourth-order valence-electron chi connectivity index (χ4n) is 2.06. The van der Waals surface area contributed by atoms with Gasteiger partial charge in [-0.2, -0.15) is 14.4 Å². The fraction of sp³-hybridized carbons (Fsp3) is 0.583. The molecule has 19 heavy (non-hydrogen) atoms. The molecular formula is C12H18FN5O. The Morgan fingerprint density at radius 2 is 2.16 bits per heavy atom. The number of rotatable bonds is 1. The average Bonchev–Trinajstić information content (AvgIpc) is 2.86. The molecule has 0 aromatic carbocycles. The Hall–Kier alpha value is -1.76. The van der Waals surface area contributed by atoms with E-state index < -0.39 is 6.08 Å². The van der Waals surface area contributed by atoms with Gasteiger partial charge in [-0.25, -0.2) is 4.98 Å². The van der Waals surface area contributed by atoms with E-state index in [1.54, 1.807) is 10.9 Å². The quantitative estimate of drug-likeness (QED) is 0.802. The van der Waals surface area contributed by atoms with Crippen molar-refractivity contribution in [3.05, 3.63) is 12.4 Å². The van der Waals surface area contributed by atoms with Crippen molar-refractivity contribution in [2.45, 2.75) is 39.3 Å². The maximum atomic E-state index is 13.1. The first-order valence-electron chi connectivity index (χ1n) is 6.53. The van der Waals surface area contributed by atoms with Gasteiger partial charge in [0, 0.05) is 6.61 Å². The Morgan fingerprint density at radius 3 is 2.84 bits per heavy atom. The first kappa shape index (κ1) is 13.7. The molecule has 2 aromatic rings. The van der Waals surface area contributed by atoms with Crippen molar-refractivity contribution in [2.24, 2.45) is 0 Å². The molecule has 0 radical (unpaired) electrons. The lowest BCUT2D eigenvalue weighted by Gasteiger charge is -2.23. The monoisotopic (exact) mass is 267 g/mol. The van der Waals surface area contributed by atoms with Crippen LogP contribution in [0.1, 0.15) is 39.3 Å². The highest BCUT2D eigenvalue weighted by atomic mass is 19.1. The molecule has 0 aliphatic carbocycles. The van der Waals surface area contributed by atoms with Crippen molar-refractivity contribution in [1.29, 1.82) is 0 Å². The number of aromatic nitrogens is 4. The van der Waals surface area contributed by atoms with Gasteiger partial charge in [-0.1, -0.05) is 13.8 Å². The van der Waals surface area contributed by atoms with Crippen LogP contribution in [0.25, 0.3) is 11.2 Å². The number of nitrogens with two attached hydrogens (primary N) is 1. The molecule has 1 aliphatic rings. The van der Waals surface area contributed by atoms with Gasteiger partial charge < -0.3 is 10.5 Å². The number of fused-ring (bicyclic) bond motifs is 1. The van der Waals surface area contributed by atoms with E-state index in [4.69, 9.17) is 10.5 Å². The van der Waals surface area contributed by atoms with Crippen LogP contribution in [-0.4, -0.2) is 26.1 Å². The summed E-state index contributed by atoms with van der Waals surface area (Å²) in [5, 5.41) is 0. The van der Waals surface area contributed by atoms with Crippen molar-refractivity contribution in [2.75, 3.05) is 12.3 Å². The second kappa shape index (κ2) is 5.92. The summed E-state index contributed by atoms with van der Waals surface area (Å²) in [4.78, 5) is 11.3. The first-order chi connectivity index (χ1) is 9.25. The lowest BCUT2D eigenvalue weighted by molar-refractivity contribution is -0.0298. The van der Waals surface area contributed by atoms with Crippen LogP contribution in [-0.2, 0) is 4.74 Å². The number of halogens is 1. The molecule has 0 amide bonds. The Kier molecular flexibility index (Phi) is 4.26. The SMILES string of the molecule is CC.Nc1nc(F)nc2c1ncn2C1CCCCO1. The molecule has 1 unspecified atom stereocenters. The summed E-state index contributed by atoms with van der Waals surface area (Å²) in [6, 6.07) is 0. The number of hydrogen-bond donors (Lipinski definition) is 1. The summed E-state index contributed by atoms with van der Waals surface area (Å²) in [5.41, 5.74) is 6.40. The number of ether oxygens (including phenoxy) is 1. The van der Waals surface area contributed by atoms with Crippen LogP contribution in [0.15, 0.2) is 6.33 Å². The summed E-state index contributed by atoms with van der Waals surface area (Å²) in [5.74, 6) is 0.0575. The fourth-order valence-corrected chi connectivity index (χ4v) is 2.06. The molecule has 2 aromatic heterocycles. The van der Waals surface area contributed by atoms with E-state index in [1.807, 2.05) is 13.8 Å². The Morgan fingerprint density at radius 1 is 1.37 bits per heavy atom. The van der Waals surface area contributed by atoms with Gasteiger partial charge in [0.15, 0.2) is 17.0 Å². The first-order valence-corrected chi connectivity index (χ1v) is 6.53. The zero-order chi connectivity index (χ0) is 13.8. The highest BCUT2D eigenvalue weighted by Gasteiger charge is 2.20. The molecule has 2 N–H and O–H groups in total. The third-order valence-electron chi connectivity index (χ3n) is 2.89. The molecule has 1 saturated heterocycles. The second-order valence-electron chi connectivity index (χ2n) is 4.02. The number of hydrogen-bond acceptors (Lipinski definition) is 5. The van der Waals surface area contributed by atoms with Crippen molar-refractivity contribution >= 4 is 17.0 Å². The molecule has 6 nitrogen and oxygen atoms in total. The third-order valence-corrected chi connectivity index (χ3v) is 2.89. The molecular weight excluding hydrogens is 249 g/mol. The van der Waals surface area contributed by atoms with E-state index in [0.29, 0.717) is 17.8 Å². The van der Waals surface area contributed by atoms with E-state index in [-0.39, 0.29) is 12.0 Å². The number of nitrogen functional groups attached to an aromatic ring is 1. The van der Waals surface area contributed by atoms with Crippen molar-refractivity contribution in [3.8, 4) is 0 Å². The smallest absolute Gasteiger partial charge is 0.312 e. The van der Waals surface area contributed by atoms with Crippen LogP contribution in [0.5, 0.6) is 0 Å². The summed E-state index contributed by atoms with van der Waals surface area (Å²) in [6.07, 6.45) is 3.60. The van der Waals surface area contributed by atoms with E-state index in [9.17, 15) is 4.39 Å². The summed E-state index contributed by atoms with van der Waals surface area (Å²) < 4.78 is 20.5.